The van der Waals surface area contributed by atoms with Crippen molar-refractivity contribution in [1.29, 1.82) is 0 Å². The monoisotopic (exact) mass is 273 g/mol. The van der Waals surface area contributed by atoms with Gasteiger partial charge in [-0.2, -0.15) is 0 Å². The van der Waals surface area contributed by atoms with Crippen LogP contribution in [-0.4, -0.2) is 24.6 Å². The molecule has 1 aromatic rings. The molecule has 2 rings (SSSR count). The van der Waals surface area contributed by atoms with E-state index in [1.807, 2.05) is 0 Å². The van der Waals surface area contributed by atoms with Crippen LogP contribution in [0.5, 0.6) is 0 Å². The molecule has 0 unspecified atom stereocenters. The standard InChI is InChI=1S/C12H17Cl2N3/c1-2-5-15-11-9(13)8-10(14)12(16-11)17-6-3-4-7-17/h8H,2-7H2,1H3,(H,15,16). The fraction of sp³-hybridized carbons (Fsp3) is 0.583. The number of nitrogens with one attached hydrogen (secondary N) is 1. The van der Waals surface area contributed by atoms with E-state index in [2.05, 4.69) is 22.1 Å². The van der Waals surface area contributed by atoms with E-state index < -0.39 is 0 Å². The Bertz CT molecular complexity index is 390. The van der Waals surface area contributed by atoms with Crippen LogP contribution in [0.2, 0.25) is 10.0 Å². The summed E-state index contributed by atoms with van der Waals surface area (Å²) in [5.41, 5.74) is 0. The molecule has 1 saturated heterocycles. The molecule has 0 aliphatic carbocycles. The molecule has 1 fully saturated rings. The van der Waals surface area contributed by atoms with Crippen LogP contribution in [0.25, 0.3) is 0 Å². The Kier molecular flexibility index (Phi) is 4.35. The van der Waals surface area contributed by atoms with Crippen molar-refractivity contribution < 1.29 is 0 Å². The van der Waals surface area contributed by atoms with Gasteiger partial charge in [0.15, 0.2) is 0 Å². The van der Waals surface area contributed by atoms with E-state index in [1.165, 1.54) is 12.8 Å². The van der Waals surface area contributed by atoms with E-state index in [0.29, 0.717) is 10.0 Å². The summed E-state index contributed by atoms with van der Waals surface area (Å²) in [6.07, 6.45) is 3.45. The molecule has 3 nitrogen and oxygen atoms in total. The summed E-state index contributed by atoms with van der Waals surface area (Å²) < 4.78 is 0. The van der Waals surface area contributed by atoms with Crippen molar-refractivity contribution in [3.05, 3.63) is 16.1 Å². The van der Waals surface area contributed by atoms with Crippen LogP contribution in [0.1, 0.15) is 26.2 Å². The Balaban J connectivity index is 2.24. The van der Waals surface area contributed by atoms with Gasteiger partial charge in [-0.25, -0.2) is 4.98 Å². The number of pyridine rings is 1. The lowest BCUT2D eigenvalue weighted by atomic mass is 10.4. The van der Waals surface area contributed by atoms with Crippen molar-refractivity contribution in [2.45, 2.75) is 26.2 Å². The molecular formula is C12H17Cl2N3. The fourth-order valence-electron chi connectivity index (χ4n) is 1.97. The Morgan fingerprint density at radius 2 is 2.00 bits per heavy atom. The van der Waals surface area contributed by atoms with Crippen LogP contribution < -0.4 is 10.2 Å². The highest BCUT2D eigenvalue weighted by Gasteiger charge is 2.18. The first kappa shape index (κ1) is 12.8. The Morgan fingerprint density at radius 3 is 2.65 bits per heavy atom. The third kappa shape index (κ3) is 2.96. The van der Waals surface area contributed by atoms with Gasteiger partial charge in [-0.05, 0) is 25.3 Å². The summed E-state index contributed by atoms with van der Waals surface area (Å²) in [4.78, 5) is 6.76. The quantitative estimate of drug-likeness (QED) is 0.904. The van der Waals surface area contributed by atoms with Crippen molar-refractivity contribution in [3.63, 3.8) is 0 Å². The lowest BCUT2D eigenvalue weighted by Crippen LogP contribution is -2.20. The summed E-state index contributed by atoms with van der Waals surface area (Å²) in [6, 6.07) is 1.78. The van der Waals surface area contributed by atoms with Crippen LogP contribution in [0.4, 0.5) is 11.6 Å². The largest absolute Gasteiger partial charge is 0.369 e. The molecule has 0 amide bonds. The third-order valence-electron chi connectivity index (χ3n) is 2.86. The highest BCUT2D eigenvalue weighted by atomic mass is 35.5. The topological polar surface area (TPSA) is 28.2 Å². The second-order valence-electron chi connectivity index (χ2n) is 4.25. The summed E-state index contributed by atoms with van der Waals surface area (Å²) in [7, 11) is 0. The number of hydrogen-bond acceptors (Lipinski definition) is 3. The molecule has 0 bridgehead atoms. The van der Waals surface area contributed by atoms with Gasteiger partial charge >= 0.3 is 0 Å². The fourth-order valence-corrected chi connectivity index (χ4v) is 2.52. The molecule has 1 aliphatic rings. The van der Waals surface area contributed by atoms with Crippen LogP contribution in [0.3, 0.4) is 0 Å². The number of anilines is 2. The molecule has 17 heavy (non-hydrogen) atoms. The molecule has 0 spiro atoms. The van der Waals surface area contributed by atoms with Crippen molar-refractivity contribution in [2.24, 2.45) is 0 Å². The van der Waals surface area contributed by atoms with Crippen LogP contribution in [-0.2, 0) is 0 Å². The second-order valence-corrected chi connectivity index (χ2v) is 5.06. The molecular weight excluding hydrogens is 257 g/mol. The average molecular weight is 274 g/mol. The first-order valence-electron chi connectivity index (χ1n) is 6.07. The number of aromatic nitrogens is 1. The van der Waals surface area contributed by atoms with Crippen LogP contribution in [0, 0.1) is 0 Å². The van der Waals surface area contributed by atoms with Gasteiger partial charge in [0.25, 0.3) is 0 Å². The van der Waals surface area contributed by atoms with Gasteiger partial charge in [-0.3, -0.25) is 0 Å². The molecule has 0 atom stereocenters. The minimum absolute atomic E-state index is 0.589. The lowest BCUT2D eigenvalue weighted by molar-refractivity contribution is 0.927. The normalized spacial score (nSPS) is 15.4. The number of halogens is 2. The van der Waals surface area contributed by atoms with E-state index in [0.717, 1.165) is 37.7 Å². The highest BCUT2D eigenvalue weighted by Crippen LogP contribution is 2.32. The highest BCUT2D eigenvalue weighted by molar-refractivity contribution is 6.37. The van der Waals surface area contributed by atoms with Crippen molar-refractivity contribution >= 4 is 34.8 Å². The Morgan fingerprint density at radius 1 is 1.29 bits per heavy atom. The number of rotatable bonds is 4. The molecule has 0 aromatic carbocycles. The van der Waals surface area contributed by atoms with E-state index in [-0.39, 0.29) is 0 Å². The summed E-state index contributed by atoms with van der Waals surface area (Å²) >= 11 is 12.3. The van der Waals surface area contributed by atoms with Crippen LogP contribution in [0.15, 0.2) is 6.07 Å². The van der Waals surface area contributed by atoms with E-state index in [4.69, 9.17) is 23.2 Å². The first-order chi connectivity index (χ1) is 8.22. The zero-order valence-corrected chi connectivity index (χ0v) is 11.5. The number of nitrogens with zero attached hydrogens (tertiary/aromatic N) is 2. The first-order valence-corrected chi connectivity index (χ1v) is 6.83. The van der Waals surface area contributed by atoms with Crippen molar-refractivity contribution in [3.8, 4) is 0 Å². The molecule has 5 heteroatoms. The van der Waals surface area contributed by atoms with Crippen LogP contribution >= 0.6 is 23.2 Å². The average Bonchev–Trinajstić information content (AvgIpc) is 2.81. The lowest BCUT2D eigenvalue weighted by Gasteiger charge is -2.19. The molecule has 1 N–H and O–H groups in total. The van der Waals surface area contributed by atoms with Gasteiger partial charge in [0, 0.05) is 19.6 Å². The maximum Gasteiger partial charge on any atom is 0.149 e. The van der Waals surface area contributed by atoms with E-state index in [9.17, 15) is 0 Å². The Labute approximate surface area is 112 Å². The van der Waals surface area contributed by atoms with Gasteiger partial charge in [-0.1, -0.05) is 30.1 Å². The van der Waals surface area contributed by atoms with Gasteiger partial charge in [0.05, 0.1) is 10.0 Å². The van der Waals surface area contributed by atoms with Gasteiger partial charge in [0.2, 0.25) is 0 Å². The molecule has 94 valence electrons. The summed E-state index contributed by atoms with van der Waals surface area (Å²) in [6.45, 7) is 5.04. The van der Waals surface area contributed by atoms with Crippen molar-refractivity contribution in [1.82, 2.24) is 4.98 Å². The van der Waals surface area contributed by atoms with E-state index >= 15 is 0 Å². The molecule has 0 radical (unpaired) electrons. The maximum absolute atomic E-state index is 6.20. The smallest absolute Gasteiger partial charge is 0.149 e. The molecule has 2 heterocycles. The summed E-state index contributed by atoms with van der Waals surface area (Å²) in [5.74, 6) is 1.59. The predicted molar refractivity (Wildman–Crippen MR) is 74.5 cm³/mol. The Hall–Kier alpha value is -0.670. The zero-order chi connectivity index (χ0) is 12.3. The van der Waals surface area contributed by atoms with Gasteiger partial charge < -0.3 is 10.2 Å². The van der Waals surface area contributed by atoms with E-state index in [1.54, 1.807) is 6.07 Å². The maximum atomic E-state index is 6.20. The SMILES string of the molecule is CCCNc1nc(N2CCCC2)c(Cl)cc1Cl. The molecule has 1 aliphatic heterocycles. The molecule has 0 saturated carbocycles. The minimum Gasteiger partial charge on any atom is -0.369 e. The number of hydrogen-bond donors (Lipinski definition) is 1. The van der Waals surface area contributed by atoms with Gasteiger partial charge in [0.1, 0.15) is 11.6 Å². The van der Waals surface area contributed by atoms with Crippen molar-refractivity contribution in [2.75, 3.05) is 29.9 Å². The van der Waals surface area contributed by atoms with Gasteiger partial charge in [-0.15, -0.1) is 0 Å². The second kappa shape index (κ2) is 5.78. The third-order valence-corrected chi connectivity index (χ3v) is 3.43. The minimum atomic E-state index is 0.589. The summed E-state index contributed by atoms with van der Waals surface area (Å²) in [5, 5.41) is 4.45. The molecule has 1 aromatic heterocycles. The predicted octanol–water partition coefficient (Wildman–Crippen LogP) is 3.81. The zero-order valence-electron chi connectivity index (χ0n) is 9.97.